The number of nitrogens with two attached hydrogens (primary N) is 1. The Bertz CT molecular complexity index is 667. The molecule has 0 atom stereocenters. The smallest absolute Gasteiger partial charge is 0.230 e. The highest BCUT2D eigenvalue weighted by Gasteiger charge is 2.20. The van der Waals surface area contributed by atoms with Gasteiger partial charge < -0.3 is 11.1 Å². The number of hydrogen-bond donors (Lipinski definition) is 2. The van der Waals surface area contributed by atoms with Crippen LogP contribution in [-0.4, -0.2) is 35.7 Å². The van der Waals surface area contributed by atoms with Crippen LogP contribution in [-0.2, 0) is 11.3 Å². The molecule has 0 unspecified atom stereocenters. The topological polar surface area (TPSA) is 58.4 Å². The second-order valence-electron chi connectivity index (χ2n) is 6.46. The minimum absolute atomic E-state index is 0.114. The Kier molecular flexibility index (Phi) is 6.36. The van der Waals surface area contributed by atoms with Gasteiger partial charge in [0.15, 0.2) is 0 Å². The van der Waals surface area contributed by atoms with Crippen molar-refractivity contribution >= 4 is 23.4 Å². The normalized spacial score (nSPS) is 15.8. The van der Waals surface area contributed by atoms with E-state index in [4.69, 9.17) is 5.73 Å². The van der Waals surface area contributed by atoms with Crippen molar-refractivity contribution in [3.63, 3.8) is 0 Å². The van der Waals surface area contributed by atoms with Gasteiger partial charge in [0.25, 0.3) is 0 Å². The van der Waals surface area contributed by atoms with Gasteiger partial charge in [-0.05, 0) is 42.7 Å². The number of amides is 1. The molecular weight excluding hydrogens is 330 g/mol. The fraction of sp³-hybridized carbons (Fsp3) is 0.350. The van der Waals surface area contributed by atoms with Crippen molar-refractivity contribution in [3.05, 3.63) is 60.2 Å². The van der Waals surface area contributed by atoms with Crippen molar-refractivity contribution in [2.24, 2.45) is 0 Å². The highest BCUT2D eigenvalue weighted by molar-refractivity contribution is 8.00. The number of piperidine rings is 1. The van der Waals surface area contributed by atoms with Crippen molar-refractivity contribution in [1.29, 1.82) is 0 Å². The molecule has 0 aliphatic carbocycles. The van der Waals surface area contributed by atoms with Gasteiger partial charge in [-0.25, -0.2) is 0 Å². The predicted octanol–water partition coefficient (Wildman–Crippen LogP) is 3.14. The Morgan fingerprint density at radius 3 is 2.44 bits per heavy atom. The monoisotopic (exact) mass is 355 g/mol. The first-order chi connectivity index (χ1) is 12.2. The first-order valence-corrected chi connectivity index (χ1v) is 9.71. The van der Waals surface area contributed by atoms with E-state index in [9.17, 15) is 4.79 Å². The number of carbonyl (C=O) groups excluding carboxylic acids is 1. The number of likely N-dealkylation sites (tertiary alicyclic amines) is 1. The number of hydrogen-bond acceptors (Lipinski definition) is 4. The van der Waals surface area contributed by atoms with Crippen LogP contribution >= 0.6 is 11.8 Å². The molecule has 1 heterocycles. The second-order valence-corrected chi connectivity index (χ2v) is 7.51. The van der Waals surface area contributed by atoms with E-state index in [0.29, 0.717) is 11.8 Å². The molecular formula is C20H25N3OS. The summed E-state index contributed by atoms with van der Waals surface area (Å²) in [5, 5.41) is 3.17. The minimum atomic E-state index is 0.114. The summed E-state index contributed by atoms with van der Waals surface area (Å²) in [5.41, 5.74) is 7.77. The molecule has 2 aromatic carbocycles. The van der Waals surface area contributed by atoms with Crippen LogP contribution in [0, 0.1) is 0 Å². The second kappa shape index (κ2) is 8.92. The van der Waals surface area contributed by atoms with E-state index >= 15 is 0 Å². The molecule has 3 rings (SSSR count). The SMILES string of the molecule is Nc1ccc(SCC(=O)NC2CCN(Cc3ccccc3)CC2)cc1. The van der Waals surface area contributed by atoms with Crippen molar-refractivity contribution in [2.75, 3.05) is 24.6 Å². The molecule has 0 bridgehead atoms. The summed E-state index contributed by atoms with van der Waals surface area (Å²) in [6.45, 7) is 3.06. The molecule has 1 aliphatic heterocycles. The fourth-order valence-corrected chi connectivity index (χ4v) is 3.77. The largest absolute Gasteiger partial charge is 0.399 e. The van der Waals surface area contributed by atoms with Gasteiger partial charge in [0, 0.05) is 36.3 Å². The summed E-state index contributed by atoms with van der Waals surface area (Å²) in [7, 11) is 0. The minimum Gasteiger partial charge on any atom is -0.399 e. The first kappa shape index (κ1) is 17.8. The number of thioether (sulfide) groups is 1. The van der Waals surface area contributed by atoms with Crippen LogP contribution in [0.15, 0.2) is 59.5 Å². The summed E-state index contributed by atoms with van der Waals surface area (Å²) in [6, 6.07) is 18.5. The summed E-state index contributed by atoms with van der Waals surface area (Å²) >= 11 is 1.55. The molecule has 0 aromatic heterocycles. The Balaban J connectivity index is 1.36. The highest BCUT2D eigenvalue weighted by Crippen LogP contribution is 2.19. The standard InChI is InChI=1S/C20H25N3OS/c21-17-6-8-19(9-7-17)25-15-20(24)22-18-10-12-23(13-11-18)14-16-4-2-1-3-5-16/h1-9,18H,10-15,21H2,(H,22,24). The number of nitrogen functional groups attached to an aromatic ring is 1. The van der Waals surface area contributed by atoms with Gasteiger partial charge >= 0.3 is 0 Å². The van der Waals surface area contributed by atoms with Gasteiger partial charge in [0.1, 0.15) is 0 Å². The van der Waals surface area contributed by atoms with E-state index in [1.54, 1.807) is 11.8 Å². The lowest BCUT2D eigenvalue weighted by Gasteiger charge is -2.32. The van der Waals surface area contributed by atoms with E-state index in [1.165, 1.54) is 5.56 Å². The van der Waals surface area contributed by atoms with E-state index in [0.717, 1.165) is 43.1 Å². The molecule has 3 N–H and O–H groups in total. The van der Waals surface area contributed by atoms with Crippen LogP contribution in [0.3, 0.4) is 0 Å². The maximum atomic E-state index is 12.2. The van der Waals surface area contributed by atoms with E-state index in [2.05, 4.69) is 34.5 Å². The third kappa shape index (κ3) is 5.80. The van der Waals surface area contributed by atoms with Gasteiger partial charge in [-0.1, -0.05) is 30.3 Å². The van der Waals surface area contributed by atoms with Crippen LogP contribution in [0.5, 0.6) is 0 Å². The predicted molar refractivity (Wildman–Crippen MR) is 104 cm³/mol. The quantitative estimate of drug-likeness (QED) is 0.617. The zero-order valence-corrected chi connectivity index (χ0v) is 15.2. The third-order valence-corrected chi connectivity index (χ3v) is 5.46. The lowest BCUT2D eigenvalue weighted by atomic mass is 10.0. The average Bonchev–Trinajstić information content (AvgIpc) is 2.64. The van der Waals surface area contributed by atoms with Gasteiger partial charge in [0.05, 0.1) is 5.75 Å². The molecule has 1 amide bonds. The van der Waals surface area contributed by atoms with Gasteiger partial charge in [0.2, 0.25) is 5.91 Å². The van der Waals surface area contributed by atoms with Crippen molar-refractivity contribution in [2.45, 2.75) is 30.3 Å². The van der Waals surface area contributed by atoms with E-state index < -0.39 is 0 Å². The van der Waals surface area contributed by atoms with Crippen molar-refractivity contribution < 1.29 is 4.79 Å². The Morgan fingerprint density at radius 2 is 1.76 bits per heavy atom. The van der Waals surface area contributed by atoms with Crippen LogP contribution in [0.1, 0.15) is 18.4 Å². The number of nitrogens with one attached hydrogen (secondary N) is 1. The zero-order valence-electron chi connectivity index (χ0n) is 14.4. The Labute approximate surface area is 153 Å². The number of benzene rings is 2. The number of nitrogens with zero attached hydrogens (tertiary/aromatic N) is 1. The summed E-state index contributed by atoms with van der Waals surface area (Å²) in [4.78, 5) is 15.7. The van der Waals surface area contributed by atoms with Crippen LogP contribution in [0.25, 0.3) is 0 Å². The molecule has 5 heteroatoms. The van der Waals surface area contributed by atoms with Crippen LogP contribution in [0.2, 0.25) is 0 Å². The summed E-state index contributed by atoms with van der Waals surface area (Å²) < 4.78 is 0. The first-order valence-electron chi connectivity index (χ1n) is 8.73. The lowest BCUT2D eigenvalue weighted by molar-refractivity contribution is -0.119. The highest BCUT2D eigenvalue weighted by atomic mass is 32.2. The molecule has 1 fully saturated rings. The van der Waals surface area contributed by atoms with E-state index in [1.807, 2.05) is 30.3 Å². The third-order valence-electron chi connectivity index (χ3n) is 4.45. The average molecular weight is 356 g/mol. The zero-order chi connectivity index (χ0) is 17.5. The van der Waals surface area contributed by atoms with Gasteiger partial charge in [-0.15, -0.1) is 11.8 Å². The van der Waals surface area contributed by atoms with E-state index in [-0.39, 0.29) is 5.91 Å². The fourth-order valence-electron chi connectivity index (χ4n) is 3.06. The summed E-state index contributed by atoms with van der Waals surface area (Å²) in [5.74, 6) is 0.567. The maximum absolute atomic E-state index is 12.2. The molecule has 1 aliphatic rings. The molecule has 4 nitrogen and oxygen atoms in total. The molecule has 2 aromatic rings. The Hall–Kier alpha value is -1.98. The van der Waals surface area contributed by atoms with Gasteiger partial charge in [-0.3, -0.25) is 9.69 Å². The maximum Gasteiger partial charge on any atom is 0.230 e. The number of anilines is 1. The van der Waals surface area contributed by atoms with Gasteiger partial charge in [-0.2, -0.15) is 0 Å². The van der Waals surface area contributed by atoms with Crippen LogP contribution < -0.4 is 11.1 Å². The summed E-state index contributed by atoms with van der Waals surface area (Å²) in [6.07, 6.45) is 2.04. The molecule has 0 saturated carbocycles. The molecule has 1 saturated heterocycles. The number of rotatable bonds is 6. The molecule has 0 radical (unpaired) electrons. The molecule has 132 valence electrons. The number of carbonyl (C=O) groups is 1. The molecule has 25 heavy (non-hydrogen) atoms. The van der Waals surface area contributed by atoms with Crippen molar-refractivity contribution in [1.82, 2.24) is 10.2 Å². The van der Waals surface area contributed by atoms with Crippen LogP contribution in [0.4, 0.5) is 5.69 Å². The lowest BCUT2D eigenvalue weighted by Crippen LogP contribution is -2.44. The Morgan fingerprint density at radius 1 is 1.08 bits per heavy atom. The molecule has 0 spiro atoms. The van der Waals surface area contributed by atoms with Crippen molar-refractivity contribution in [3.8, 4) is 0 Å².